The molecule has 6 nitrogen and oxygen atoms in total. The second-order valence-electron chi connectivity index (χ2n) is 8.44. The van der Waals surface area contributed by atoms with E-state index in [1.54, 1.807) is 24.0 Å². The Morgan fingerprint density at radius 1 is 1.00 bits per heavy atom. The standard InChI is InChI=1S/C25H31ClN2O4/c1-17(2)15-27-25(30)18(3)28(16-20-4-8-21(26)9-5-20)24(29)11-7-19-6-10-22-23(14-19)32-13-12-31-22/h4-6,8-10,14,17-18H,7,11-13,15-16H2,1-3H3,(H,27,30)/t18-/m1/s1. The highest BCUT2D eigenvalue weighted by atomic mass is 35.5. The molecular weight excluding hydrogens is 428 g/mol. The number of hydrogen-bond acceptors (Lipinski definition) is 4. The minimum absolute atomic E-state index is 0.0814. The minimum atomic E-state index is -0.586. The highest BCUT2D eigenvalue weighted by Gasteiger charge is 2.26. The Kier molecular flexibility index (Phi) is 8.39. The van der Waals surface area contributed by atoms with E-state index in [-0.39, 0.29) is 18.2 Å². The Hall–Kier alpha value is -2.73. The summed E-state index contributed by atoms with van der Waals surface area (Å²) < 4.78 is 11.2. The van der Waals surface area contributed by atoms with Crippen LogP contribution in [0.5, 0.6) is 11.5 Å². The zero-order chi connectivity index (χ0) is 23.1. The molecule has 2 amide bonds. The van der Waals surface area contributed by atoms with Crippen molar-refractivity contribution in [1.82, 2.24) is 10.2 Å². The van der Waals surface area contributed by atoms with Crippen molar-refractivity contribution >= 4 is 23.4 Å². The molecule has 7 heteroatoms. The van der Waals surface area contributed by atoms with Crippen LogP contribution >= 0.6 is 11.6 Å². The highest BCUT2D eigenvalue weighted by molar-refractivity contribution is 6.30. The topological polar surface area (TPSA) is 67.9 Å². The number of amides is 2. The van der Waals surface area contributed by atoms with Gasteiger partial charge in [0.25, 0.3) is 0 Å². The number of hydrogen-bond donors (Lipinski definition) is 1. The van der Waals surface area contributed by atoms with Gasteiger partial charge in [-0.3, -0.25) is 9.59 Å². The first-order valence-electron chi connectivity index (χ1n) is 11.0. The zero-order valence-corrected chi connectivity index (χ0v) is 19.7. The van der Waals surface area contributed by atoms with E-state index >= 15 is 0 Å². The molecule has 0 spiro atoms. The van der Waals surface area contributed by atoms with Crippen molar-refractivity contribution in [2.75, 3.05) is 19.8 Å². The van der Waals surface area contributed by atoms with Crippen molar-refractivity contribution in [3.8, 4) is 11.5 Å². The number of aryl methyl sites for hydroxylation is 1. The maximum atomic E-state index is 13.2. The fourth-order valence-corrected chi connectivity index (χ4v) is 3.59. The Morgan fingerprint density at radius 3 is 2.34 bits per heavy atom. The van der Waals surface area contributed by atoms with Crippen LogP contribution in [0, 0.1) is 5.92 Å². The lowest BCUT2D eigenvalue weighted by Crippen LogP contribution is -2.48. The second kappa shape index (κ2) is 11.2. The van der Waals surface area contributed by atoms with E-state index < -0.39 is 6.04 Å². The molecule has 0 saturated heterocycles. The number of fused-ring (bicyclic) bond motifs is 1. The van der Waals surface area contributed by atoms with Crippen LogP contribution in [0.15, 0.2) is 42.5 Å². The van der Waals surface area contributed by atoms with Gasteiger partial charge in [-0.1, -0.05) is 43.6 Å². The van der Waals surface area contributed by atoms with Gasteiger partial charge in [0, 0.05) is 24.5 Å². The van der Waals surface area contributed by atoms with Crippen LogP contribution in [0.2, 0.25) is 5.02 Å². The van der Waals surface area contributed by atoms with Crippen LogP contribution in [-0.4, -0.2) is 42.5 Å². The van der Waals surface area contributed by atoms with E-state index in [0.29, 0.717) is 49.4 Å². The van der Waals surface area contributed by atoms with Gasteiger partial charge in [-0.25, -0.2) is 0 Å². The first kappa shape index (κ1) is 23.9. The molecule has 0 aliphatic carbocycles. The van der Waals surface area contributed by atoms with Crippen LogP contribution in [-0.2, 0) is 22.6 Å². The number of ether oxygens (including phenoxy) is 2. The lowest BCUT2D eigenvalue weighted by atomic mass is 10.1. The number of nitrogens with one attached hydrogen (secondary N) is 1. The third-order valence-electron chi connectivity index (χ3n) is 5.35. The average Bonchev–Trinajstić information content (AvgIpc) is 2.80. The third-order valence-corrected chi connectivity index (χ3v) is 5.60. The largest absolute Gasteiger partial charge is 0.486 e. The maximum absolute atomic E-state index is 13.2. The predicted octanol–water partition coefficient (Wildman–Crippen LogP) is 4.23. The van der Waals surface area contributed by atoms with Crippen molar-refractivity contribution in [3.63, 3.8) is 0 Å². The Labute approximate surface area is 194 Å². The summed E-state index contributed by atoms with van der Waals surface area (Å²) in [7, 11) is 0. The molecule has 0 saturated carbocycles. The summed E-state index contributed by atoms with van der Waals surface area (Å²) in [5, 5.41) is 3.57. The number of carbonyl (C=O) groups is 2. The van der Waals surface area contributed by atoms with Crippen molar-refractivity contribution in [2.24, 2.45) is 5.92 Å². The van der Waals surface area contributed by atoms with Gasteiger partial charge in [0.15, 0.2) is 11.5 Å². The summed E-state index contributed by atoms with van der Waals surface area (Å²) in [5.74, 6) is 1.54. The van der Waals surface area contributed by atoms with E-state index in [4.69, 9.17) is 21.1 Å². The molecule has 1 aliphatic rings. The molecule has 1 aliphatic heterocycles. The Bertz CT molecular complexity index is 930. The van der Waals surface area contributed by atoms with Crippen molar-refractivity contribution in [2.45, 2.75) is 46.2 Å². The molecule has 0 fully saturated rings. The molecule has 1 heterocycles. The zero-order valence-electron chi connectivity index (χ0n) is 18.9. The monoisotopic (exact) mass is 458 g/mol. The van der Waals surface area contributed by atoms with Crippen LogP contribution in [0.4, 0.5) is 0 Å². The number of benzene rings is 2. The molecule has 32 heavy (non-hydrogen) atoms. The smallest absolute Gasteiger partial charge is 0.242 e. The van der Waals surface area contributed by atoms with Crippen LogP contribution in [0.25, 0.3) is 0 Å². The normalized spacial score (nSPS) is 13.5. The van der Waals surface area contributed by atoms with E-state index in [0.717, 1.165) is 16.9 Å². The summed E-state index contributed by atoms with van der Waals surface area (Å²) in [4.78, 5) is 27.6. The molecule has 3 rings (SSSR count). The van der Waals surface area contributed by atoms with Crippen molar-refractivity contribution < 1.29 is 19.1 Å². The van der Waals surface area contributed by atoms with Gasteiger partial charge < -0.3 is 19.7 Å². The van der Waals surface area contributed by atoms with Gasteiger partial charge in [-0.15, -0.1) is 0 Å². The van der Waals surface area contributed by atoms with E-state index in [1.807, 2.05) is 44.2 Å². The van der Waals surface area contributed by atoms with E-state index in [2.05, 4.69) is 5.32 Å². The fourth-order valence-electron chi connectivity index (χ4n) is 3.46. The molecule has 0 radical (unpaired) electrons. The molecule has 0 aromatic heterocycles. The SMILES string of the molecule is CC(C)CNC(=O)[C@@H](C)N(Cc1ccc(Cl)cc1)C(=O)CCc1ccc2c(c1)OCCO2. The van der Waals surface area contributed by atoms with Crippen LogP contribution in [0.3, 0.4) is 0 Å². The maximum Gasteiger partial charge on any atom is 0.242 e. The predicted molar refractivity (Wildman–Crippen MR) is 125 cm³/mol. The van der Waals surface area contributed by atoms with Gasteiger partial charge >= 0.3 is 0 Å². The van der Waals surface area contributed by atoms with Crippen LogP contribution in [0.1, 0.15) is 38.3 Å². The Balaban J connectivity index is 1.70. The van der Waals surface area contributed by atoms with Gasteiger partial charge in [-0.05, 0) is 54.7 Å². The van der Waals surface area contributed by atoms with Gasteiger partial charge in [0.2, 0.25) is 11.8 Å². The molecule has 1 atom stereocenters. The van der Waals surface area contributed by atoms with E-state index in [9.17, 15) is 9.59 Å². The molecule has 0 bridgehead atoms. The number of nitrogens with zero attached hydrogens (tertiary/aromatic N) is 1. The van der Waals surface area contributed by atoms with Gasteiger partial charge in [-0.2, -0.15) is 0 Å². The van der Waals surface area contributed by atoms with E-state index in [1.165, 1.54) is 0 Å². The molecule has 2 aromatic carbocycles. The van der Waals surface area contributed by atoms with Gasteiger partial charge in [0.05, 0.1) is 0 Å². The summed E-state index contributed by atoms with van der Waals surface area (Å²) >= 11 is 6.00. The molecule has 2 aromatic rings. The molecule has 1 N–H and O–H groups in total. The number of halogens is 1. The second-order valence-corrected chi connectivity index (χ2v) is 8.88. The fraction of sp³-hybridized carbons (Fsp3) is 0.440. The molecular formula is C25H31ClN2O4. The van der Waals surface area contributed by atoms with Gasteiger partial charge in [0.1, 0.15) is 19.3 Å². The number of carbonyl (C=O) groups excluding carboxylic acids is 2. The quantitative estimate of drug-likeness (QED) is 0.610. The lowest BCUT2D eigenvalue weighted by molar-refractivity contribution is -0.140. The summed E-state index contributed by atoms with van der Waals surface area (Å²) in [6.45, 7) is 7.82. The first-order valence-corrected chi connectivity index (χ1v) is 11.4. The first-order chi connectivity index (χ1) is 15.3. The number of rotatable bonds is 9. The summed E-state index contributed by atoms with van der Waals surface area (Å²) in [6.07, 6.45) is 0.835. The molecule has 0 unspecified atom stereocenters. The highest BCUT2D eigenvalue weighted by Crippen LogP contribution is 2.31. The summed E-state index contributed by atoms with van der Waals surface area (Å²) in [6, 6.07) is 12.5. The third kappa shape index (κ3) is 6.63. The lowest BCUT2D eigenvalue weighted by Gasteiger charge is -2.29. The van der Waals surface area contributed by atoms with Crippen molar-refractivity contribution in [3.05, 3.63) is 58.6 Å². The average molecular weight is 459 g/mol. The van der Waals surface area contributed by atoms with Crippen molar-refractivity contribution in [1.29, 1.82) is 0 Å². The summed E-state index contributed by atoms with van der Waals surface area (Å²) in [5.41, 5.74) is 1.91. The Morgan fingerprint density at radius 2 is 1.66 bits per heavy atom. The van der Waals surface area contributed by atoms with Crippen LogP contribution < -0.4 is 14.8 Å². The minimum Gasteiger partial charge on any atom is -0.486 e. The molecule has 172 valence electrons.